The van der Waals surface area contributed by atoms with Gasteiger partial charge in [-0.3, -0.25) is 0 Å². The van der Waals surface area contributed by atoms with Gasteiger partial charge in [0.2, 0.25) is 0 Å². The normalized spacial score (nSPS) is 21.6. The summed E-state index contributed by atoms with van der Waals surface area (Å²) in [5.41, 5.74) is 4.42. The van der Waals surface area contributed by atoms with Crippen LogP contribution < -0.4 is 0 Å². The third-order valence-corrected chi connectivity index (χ3v) is 4.50. The molecule has 1 heterocycles. The fourth-order valence-electron chi connectivity index (χ4n) is 3.30. The van der Waals surface area contributed by atoms with Gasteiger partial charge in [0.25, 0.3) is 0 Å². The van der Waals surface area contributed by atoms with Crippen molar-refractivity contribution in [2.75, 3.05) is 6.61 Å². The summed E-state index contributed by atoms with van der Waals surface area (Å²) in [5.74, 6) is 0. The summed E-state index contributed by atoms with van der Waals surface area (Å²) in [5, 5.41) is 9.25. The van der Waals surface area contributed by atoms with E-state index in [1.165, 1.54) is 16.8 Å². The molecule has 0 amide bonds. The second kappa shape index (κ2) is 4.86. The van der Waals surface area contributed by atoms with Crippen molar-refractivity contribution < 1.29 is 5.11 Å². The first-order valence-electron chi connectivity index (χ1n) is 7.06. The quantitative estimate of drug-likeness (QED) is 0.892. The summed E-state index contributed by atoms with van der Waals surface area (Å²) in [6.45, 7) is 3.51. The molecule has 1 atom stereocenters. The number of benzene rings is 1. The van der Waals surface area contributed by atoms with E-state index < -0.39 is 0 Å². The molecule has 0 radical (unpaired) electrons. The molecule has 3 rings (SSSR count). The average molecular weight is 255 g/mol. The SMILES string of the molecule is CC1(CCO)CCc2c1ccn2Cc1ccccc1. The molecule has 2 nitrogen and oxygen atoms in total. The molecule has 1 aliphatic carbocycles. The van der Waals surface area contributed by atoms with E-state index in [2.05, 4.69) is 54.1 Å². The van der Waals surface area contributed by atoms with Crippen molar-refractivity contribution in [3.05, 3.63) is 59.4 Å². The Morgan fingerprint density at radius 3 is 2.74 bits per heavy atom. The lowest BCUT2D eigenvalue weighted by Gasteiger charge is -2.22. The van der Waals surface area contributed by atoms with Crippen molar-refractivity contribution in [1.82, 2.24) is 4.57 Å². The summed E-state index contributed by atoms with van der Waals surface area (Å²) in [7, 11) is 0. The van der Waals surface area contributed by atoms with Crippen molar-refractivity contribution in [3.63, 3.8) is 0 Å². The van der Waals surface area contributed by atoms with E-state index in [-0.39, 0.29) is 12.0 Å². The van der Waals surface area contributed by atoms with E-state index in [0.29, 0.717) is 0 Å². The molecule has 1 aliphatic rings. The Morgan fingerprint density at radius 2 is 2.00 bits per heavy atom. The largest absolute Gasteiger partial charge is 0.396 e. The predicted molar refractivity (Wildman–Crippen MR) is 77.4 cm³/mol. The maximum Gasteiger partial charge on any atom is 0.0472 e. The smallest absolute Gasteiger partial charge is 0.0472 e. The van der Waals surface area contributed by atoms with Crippen LogP contribution in [0.2, 0.25) is 0 Å². The second-order valence-corrected chi connectivity index (χ2v) is 5.82. The number of aromatic nitrogens is 1. The first-order chi connectivity index (χ1) is 9.23. The van der Waals surface area contributed by atoms with Crippen molar-refractivity contribution in [2.24, 2.45) is 0 Å². The maximum atomic E-state index is 9.25. The number of hydrogen-bond donors (Lipinski definition) is 1. The highest BCUT2D eigenvalue weighted by Crippen LogP contribution is 2.41. The van der Waals surface area contributed by atoms with Gasteiger partial charge in [-0.2, -0.15) is 0 Å². The summed E-state index contributed by atoms with van der Waals surface area (Å²) in [6, 6.07) is 12.8. The number of aliphatic hydroxyl groups excluding tert-OH is 1. The summed E-state index contributed by atoms with van der Waals surface area (Å²) < 4.78 is 2.37. The van der Waals surface area contributed by atoms with Crippen LogP contribution in [0.3, 0.4) is 0 Å². The molecule has 1 aromatic heterocycles. The first kappa shape index (κ1) is 12.5. The van der Waals surface area contributed by atoms with Gasteiger partial charge in [-0.1, -0.05) is 37.3 Å². The number of rotatable bonds is 4. The lowest BCUT2D eigenvalue weighted by Crippen LogP contribution is -2.19. The van der Waals surface area contributed by atoms with E-state index in [4.69, 9.17) is 0 Å². The molecule has 1 aromatic carbocycles. The highest BCUT2D eigenvalue weighted by atomic mass is 16.3. The number of aliphatic hydroxyl groups is 1. The molecule has 19 heavy (non-hydrogen) atoms. The van der Waals surface area contributed by atoms with Gasteiger partial charge >= 0.3 is 0 Å². The van der Waals surface area contributed by atoms with Crippen LogP contribution in [0.4, 0.5) is 0 Å². The van der Waals surface area contributed by atoms with Gasteiger partial charge < -0.3 is 9.67 Å². The van der Waals surface area contributed by atoms with Crippen LogP contribution in [0, 0.1) is 0 Å². The Bertz CT molecular complexity index is 558. The van der Waals surface area contributed by atoms with Gasteiger partial charge in [0, 0.05) is 25.0 Å². The van der Waals surface area contributed by atoms with Gasteiger partial charge in [0.1, 0.15) is 0 Å². The molecule has 100 valence electrons. The van der Waals surface area contributed by atoms with Gasteiger partial charge in [-0.25, -0.2) is 0 Å². The molecule has 0 saturated heterocycles. The molecular formula is C17H21NO. The van der Waals surface area contributed by atoms with Gasteiger partial charge in [0.15, 0.2) is 0 Å². The molecule has 0 aliphatic heterocycles. The first-order valence-corrected chi connectivity index (χ1v) is 7.06. The number of fused-ring (bicyclic) bond motifs is 1. The van der Waals surface area contributed by atoms with E-state index in [1.54, 1.807) is 0 Å². The Kier molecular flexibility index (Phi) is 3.19. The minimum Gasteiger partial charge on any atom is -0.396 e. The molecule has 0 saturated carbocycles. The standard InChI is InChI=1S/C17H21NO/c1-17(10-12-19)9-7-16-15(17)8-11-18(16)13-14-5-3-2-4-6-14/h2-6,8,11,19H,7,9-10,12-13H2,1H3. The zero-order chi connectivity index (χ0) is 13.3. The van der Waals surface area contributed by atoms with Crippen molar-refractivity contribution in [2.45, 2.75) is 38.1 Å². The zero-order valence-electron chi connectivity index (χ0n) is 11.5. The number of hydrogen-bond acceptors (Lipinski definition) is 1. The van der Waals surface area contributed by atoms with Crippen LogP contribution >= 0.6 is 0 Å². The third-order valence-electron chi connectivity index (χ3n) is 4.50. The predicted octanol–water partition coefficient (Wildman–Crippen LogP) is 3.12. The van der Waals surface area contributed by atoms with E-state index >= 15 is 0 Å². The van der Waals surface area contributed by atoms with Crippen LogP contribution in [0.15, 0.2) is 42.6 Å². The maximum absolute atomic E-state index is 9.25. The lowest BCUT2D eigenvalue weighted by molar-refractivity contribution is 0.244. The molecule has 0 fully saturated rings. The minimum absolute atomic E-state index is 0.173. The monoisotopic (exact) mass is 255 g/mol. The minimum atomic E-state index is 0.173. The highest BCUT2D eigenvalue weighted by molar-refractivity contribution is 5.36. The molecule has 1 unspecified atom stereocenters. The van der Waals surface area contributed by atoms with Crippen LogP contribution in [0.25, 0.3) is 0 Å². The highest BCUT2D eigenvalue weighted by Gasteiger charge is 2.35. The van der Waals surface area contributed by atoms with Crippen molar-refractivity contribution >= 4 is 0 Å². The average Bonchev–Trinajstić information content (AvgIpc) is 2.95. The zero-order valence-corrected chi connectivity index (χ0v) is 11.5. The van der Waals surface area contributed by atoms with Gasteiger partial charge in [0.05, 0.1) is 0 Å². The fourth-order valence-corrected chi connectivity index (χ4v) is 3.30. The second-order valence-electron chi connectivity index (χ2n) is 5.82. The Labute approximate surface area is 114 Å². The van der Waals surface area contributed by atoms with E-state index in [1.807, 2.05) is 0 Å². The Hall–Kier alpha value is -1.54. The number of nitrogens with zero attached hydrogens (tertiary/aromatic N) is 1. The topological polar surface area (TPSA) is 25.2 Å². The Morgan fingerprint density at radius 1 is 1.21 bits per heavy atom. The molecule has 2 aromatic rings. The van der Waals surface area contributed by atoms with Gasteiger partial charge in [-0.05, 0) is 41.9 Å². The van der Waals surface area contributed by atoms with Crippen LogP contribution in [0.1, 0.15) is 36.6 Å². The molecule has 0 spiro atoms. The Balaban J connectivity index is 1.87. The van der Waals surface area contributed by atoms with Crippen LogP contribution in [0.5, 0.6) is 0 Å². The summed E-state index contributed by atoms with van der Waals surface area (Å²) in [6.07, 6.45) is 5.36. The van der Waals surface area contributed by atoms with Crippen molar-refractivity contribution in [1.29, 1.82) is 0 Å². The van der Waals surface area contributed by atoms with Crippen molar-refractivity contribution in [3.8, 4) is 0 Å². The summed E-state index contributed by atoms with van der Waals surface area (Å²) >= 11 is 0. The molecule has 2 heteroatoms. The lowest BCUT2D eigenvalue weighted by atomic mass is 9.82. The molecular weight excluding hydrogens is 234 g/mol. The van der Waals surface area contributed by atoms with Gasteiger partial charge in [-0.15, -0.1) is 0 Å². The van der Waals surface area contributed by atoms with Crippen LogP contribution in [-0.2, 0) is 18.4 Å². The van der Waals surface area contributed by atoms with E-state index in [0.717, 1.165) is 25.8 Å². The summed E-state index contributed by atoms with van der Waals surface area (Å²) in [4.78, 5) is 0. The fraction of sp³-hybridized carbons (Fsp3) is 0.412. The van der Waals surface area contributed by atoms with Crippen LogP contribution in [-0.4, -0.2) is 16.3 Å². The molecule has 0 bridgehead atoms. The third kappa shape index (κ3) is 2.21. The van der Waals surface area contributed by atoms with E-state index in [9.17, 15) is 5.11 Å². The molecule has 1 N–H and O–H groups in total.